The number of ether oxygens (including phenoxy) is 1. The zero-order valence-electron chi connectivity index (χ0n) is 15.7. The minimum Gasteiger partial charge on any atom is -0.507 e. The highest BCUT2D eigenvalue weighted by molar-refractivity contribution is 5.87. The molecule has 1 saturated carbocycles. The highest BCUT2D eigenvalue weighted by atomic mass is 19.1. The first kappa shape index (κ1) is 18.6. The summed E-state index contributed by atoms with van der Waals surface area (Å²) in [4.78, 5) is 4.23. The third kappa shape index (κ3) is 3.75. The Morgan fingerprint density at radius 3 is 2.79 bits per heavy atom. The zero-order chi connectivity index (χ0) is 19.5. The van der Waals surface area contributed by atoms with Crippen LogP contribution in [0.5, 0.6) is 11.6 Å². The second kappa shape index (κ2) is 8.06. The van der Waals surface area contributed by atoms with Crippen molar-refractivity contribution in [3.05, 3.63) is 42.6 Å². The number of nitrogens with zero attached hydrogens (tertiary/aromatic N) is 3. The van der Waals surface area contributed by atoms with E-state index in [2.05, 4.69) is 20.5 Å². The minimum absolute atomic E-state index is 0.0821. The third-order valence-corrected chi connectivity index (χ3v) is 5.27. The molecule has 1 unspecified atom stereocenters. The van der Waals surface area contributed by atoms with E-state index < -0.39 is 12.3 Å². The van der Waals surface area contributed by atoms with E-state index in [9.17, 15) is 9.50 Å². The Morgan fingerprint density at radius 2 is 2.00 bits per heavy atom. The van der Waals surface area contributed by atoms with E-state index in [4.69, 9.17) is 4.74 Å². The van der Waals surface area contributed by atoms with Crippen LogP contribution in [0.4, 0.5) is 4.39 Å². The number of rotatable bonds is 4. The molecule has 0 amide bonds. The predicted molar refractivity (Wildman–Crippen MR) is 105 cm³/mol. The van der Waals surface area contributed by atoms with Crippen molar-refractivity contribution in [2.45, 2.75) is 44.0 Å². The molecule has 1 aromatic carbocycles. The largest absolute Gasteiger partial charge is 0.507 e. The van der Waals surface area contributed by atoms with Gasteiger partial charge in [0.2, 0.25) is 5.88 Å². The van der Waals surface area contributed by atoms with Crippen molar-refractivity contribution >= 4 is 10.9 Å². The van der Waals surface area contributed by atoms with Crippen molar-refractivity contribution in [2.75, 3.05) is 7.05 Å². The molecule has 1 aliphatic carbocycles. The van der Waals surface area contributed by atoms with Crippen LogP contribution in [0.25, 0.3) is 22.2 Å². The summed E-state index contributed by atoms with van der Waals surface area (Å²) in [7, 11) is 1.78. The molecule has 2 N–H and O–H groups in total. The maximum absolute atomic E-state index is 14.7. The maximum Gasteiger partial charge on any atom is 0.233 e. The molecular formula is C21H23FN4O2. The lowest BCUT2D eigenvalue weighted by Crippen LogP contribution is -2.43. The van der Waals surface area contributed by atoms with Crippen molar-refractivity contribution in [3.63, 3.8) is 0 Å². The number of phenols is 1. The number of nitrogens with one attached hydrogen (secondary N) is 1. The summed E-state index contributed by atoms with van der Waals surface area (Å²) in [5.41, 5.74) is 1.78. The second-order valence-electron chi connectivity index (χ2n) is 7.10. The first-order valence-electron chi connectivity index (χ1n) is 9.55. The highest BCUT2D eigenvalue weighted by Gasteiger charge is 2.32. The fraction of sp³-hybridized carbons (Fsp3) is 0.381. The molecule has 3 aromatic rings. The number of benzene rings is 1. The summed E-state index contributed by atoms with van der Waals surface area (Å²) in [5, 5.41) is 22.5. The SMILES string of the molecule is CNC1CCCC[C@H](Oc2ccc(-c3cc4cccnc4cc3O)nn2)[C@@H]1F. The topological polar surface area (TPSA) is 80.2 Å². The van der Waals surface area contributed by atoms with Crippen LogP contribution >= 0.6 is 0 Å². The van der Waals surface area contributed by atoms with E-state index in [1.54, 1.807) is 31.4 Å². The Kier molecular flexibility index (Phi) is 5.34. The van der Waals surface area contributed by atoms with E-state index in [0.717, 1.165) is 24.6 Å². The van der Waals surface area contributed by atoms with E-state index in [0.29, 0.717) is 23.2 Å². The van der Waals surface area contributed by atoms with Gasteiger partial charge in [0.05, 0.1) is 11.2 Å². The Balaban J connectivity index is 1.55. The zero-order valence-corrected chi connectivity index (χ0v) is 15.7. The number of phenolic OH excluding ortho intramolecular Hbond substituents is 1. The van der Waals surface area contributed by atoms with Crippen LogP contribution in [-0.4, -0.2) is 45.7 Å². The minimum atomic E-state index is -1.09. The van der Waals surface area contributed by atoms with Crippen molar-refractivity contribution in [1.29, 1.82) is 0 Å². The van der Waals surface area contributed by atoms with Crippen molar-refractivity contribution in [1.82, 2.24) is 20.5 Å². The molecule has 3 atom stereocenters. The van der Waals surface area contributed by atoms with Crippen LogP contribution in [0.1, 0.15) is 25.7 Å². The van der Waals surface area contributed by atoms with Gasteiger partial charge in [-0.3, -0.25) is 4.98 Å². The summed E-state index contributed by atoms with van der Waals surface area (Å²) in [6.07, 6.45) is 3.41. The number of hydrogen-bond donors (Lipinski definition) is 2. The number of fused-ring (bicyclic) bond motifs is 1. The van der Waals surface area contributed by atoms with Gasteiger partial charge in [-0.2, -0.15) is 0 Å². The molecule has 0 bridgehead atoms. The molecule has 0 aliphatic heterocycles. The molecule has 0 saturated heterocycles. The lowest BCUT2D eigenvalue weighted by atomic mass is 10.1. The van der Waals surface area contributed by atoms with E-state index >= 15 is 0 Å². The summed E-state index contributed by atoms with van der Waals surface area (Å²) < 4.78 is 20.5. The fourth-order valence-corrected chi connectivity index (χ4v) is 3.71. The predicted octanol–water partition coefficient (Wildman–Crippen LogP) is 3.64. The van der Waals surface area contributed by atoms with Crippen LogP contribution < -0.4 is 10.1 Å². The van der Waals surface area contributed by atoms with Gasteiger partial charge >= 0.3 is 0 Å². The normalized spacial score (nSPS) is 22.7. The summed E-state index contributed by atoms with van der Waals surface area (Å²) >= 11 is 0. The fourth-order valence-electron chi connectivity index (χ4n) is 3.71. The monoisotopic (exact) mass is 382 g/mol. The Hall–Kier alpha value is -2.80. The molecule has 1 aliphatic rings. The van der Waals surface area contributed by atoms with Crippen LogP contribution in [0.3, 0.4) is 0 Å². The molecule has 0 spiro atoms. The van der Waals surface area contributed by atoms with Gasteiger partial charge in [0.1, 0.15) is 11.9 Å². The Bertz CT molecular complexity index is 951. The first-order valence-corrected chi connectivity index (χ1v) is 9.55. The van der Waals surface area contributed by atoms with Crippen LogP contribution in [0, 0.1) is 0 Å². The average molecular weight is 382 g/mol. The summed E-state index contributed by atoms with van der Waals surface area (Å²) in [6.45, 7) is 0. The van der Waals surface area contributed by atoms with Gasteiger partial charge in [0, 0.05) is 35.3 Å². The molecular weight excluding hydrogens is 359 g/mol. The first-order chi connectivity index (χ1) is 13.7. The molecule has 146 valence electrons. The summed E-state index contributed by atoms with van der Waals surface area (Å²) in [6, 6.07) is 10.4. The van der Waals surface area contributed by atoms with Gasteiger partial charge in [-0.25, -0.2) is 4.39 Å². The number of aromatic hydroxyl groups is 1. The maximum atomic E-state index is 14.7. The van der Waals surface area contributed by atoms with Crippen LogP contribution in [0.15, 0.2) is 42.6 Å². The number of halogens is 1. The third-order valence-electron chi connectivity index (χ3n) is 5.27. The number of aromatic nitrogens is 3. The molecule has 6 nitrogen and oxygen atoms in total. The smallest absolute Gasteiger partial charge is 0.233 e. The lowest BCUT2D eigenvalue weighted by molar-refractivity contribution is 0.0717. The molecule has 1 fully saturated rings. The van der Waals surface area contributed by atoms with Crippen molar-refractivity contribution in [3.8, 4) is 22.9 Å². The van der Waals surface area contributed by atoms with Crippen LogP contribution in [-0.2, 0) is 0 Å². The van der Waals surface area contributed by atoms with Gasteiger partial charge in [0.25, 0.3) is 0 Å². The molecule has 2 heterocycles. The van der Waals surface area contributed by atoms with Gasteiger partial charge < -0.3 is 15.2 Å². The molecule has 4 rings (SSSR count). The van der Waals surface area contributed by atoms with E-state index in [1.807, 2.05) is 18.2 Å². The molecule has 2 aromatic heterocycles. The summed E-state index contributed by atoms with van der Waals surface area (Å²) in [5.74, 6) is 0.369. The van der Waals surface area contributed by atoms with Gasteiger partial charge in [-0.1, -0.05) is 12.5 Å². The highest BCUT2D eigenvalue weighted by Crippen LogP contribution is 2.32. The lowest BCUT2D eigenvalue weighted by Gasteiger charge is -2.25. The average Bonchev–Trinajstić information content (AvgIpc) is 2.89. The molecule has 28 heavy (non-hydrogen) atoms. The van der Waals surface area contributed by atoms with Crippen molar-refractivity contribution in [2.24, 2.45) is 0 Å². The van der Waals surface area contributed by atoms with Gasteiger partial charge in [-0.15, -0.1) is 10.2 Å². The van der Waals surface area contributed by atoms with Crippen molar-refractivity contribution < 1.29 is 14.2 Å². The van der Waals surface area contributed by atoms with E-state index in [-0.39, 0.29) is 17.7 Å². The second-order valence-corrected chi connectivity index (χ2v) is 7.10. The molecule has 7 heteroatoms. The van der Waals surface area contributed by atoms with E-state index in [1.165, 1.54) is 0 Å². The quantitative estimate of drug-likeness (QED) is 0.671. The van der Waals surface area contributed by atoms with Crippen LogP contribution in [0.2, 0.25) is 0 Å². The number of hydrogen-bond acceptors (Lipinski definition) is 6. The van der Waals surface area contributed by atoms with Gasteiger partial charge in [0.15, 0.2) is 6.17 Å². The van der Waals surface area contributed by atoms with Gasteiger partial charge in [-0.05, 0) is 44.5 Å². The Morgan fingerprint density at radius 1 is 1.14 bits per heavy atom. The number of alkyl halides is 1. The molecule has 0 radical (unpaired) electrons. The number of pyridine rings is 1. The standard InChI is InChI=1S/C21H23FN4O2/c1-23-16-6-2-3-7-19(21(16)22)28-20-9-8-15(25-26-20)14-11-13-5-4-10-24-17(13)12-18(14)27/h4-5,8-12,16,19,21,23,27H,2-3,6-7H2,1H3/t16?,19-,21+/m0/s1. The Labute approximate surface area is 162 Å².